The first-order chi connectivity index (χ1) is 18.2. The van der Waals surface area contributed by atoms with Crippen molar-refractivity contribution in [1.29, 1.82) is 0 Å². The Bertz CT molecular complexity index is 889. The van der Waals surface area contributed by atoms with Crippen LogP contribution in [0.1, 0.15) is 66.4 Å². The molecule has 2 unspecified atom stereocenters. The minimum absolute atomic E-state index is 0.0195. The summed E-state index contributed by atoms with van der Waals surface area (Å²) in [5, 5.41) is 13.9. The topological polar surface area (TPSA) is 148 Å². The van der Waals surface area contributed by atoms with E-state index in [0.29, 0.717) is 37.1 Å². The number of primary amides is 1. The van der Waals surface area contributed by atoms with Crippen LogP contribution in [0.5, 0.6) is 11.5 Å². The summed E-state index contributed by atoms with van der Waals surface area (Å²) in [6.07, 6.45) is 1.89. The van der Waals surface area contributed by atoms with E-state index in [2.05, 4.69) is 31.0 Å². The van der Waals surface area contributed by atoms with Crippen molar-refractivity contribution in [3.63, 3.8) is 0 Å². The normalized spacial score (nSPS) is 15.1. The molecule has 0 saturated heterocycles. The number of ether oxygens (including phenoxy) is 3. The van der Waals surface area contributed by atoms with E-state index in [9.17, 15) is 14.7 Å². The molecule has 0 saturated carbocycles. The van der Waals surface area contributed by atoms with Gasteiger partial charge >= 0.3 is 0 Å². The predicted octanol–water partition coefficient (Wildman–Crippen LogP) is 2.58. The maximum absolute atomic E-state index is 13.0. The third kappa shape index (κ3) is 11.7. The Labute approximate surface area is 235 Å². The lowest BCUT2D eigenvalue weighted by Crippen LogP contribution is -2.67. The van der Waals surface area contributed by atoms with Crippen LogP contribution in [0.3, 0.4) is 0 Å². The molecular formula is C30H54N3O6+. The van der Waals surface area contributed by atoms with Crippen LogP contribution < -0.4 is 26.3 Å². The first kappa shape index (κ1) is 34.7. The van der Waals surface area contributed by atoms with Gasteiger partial charge in [0, 0.05) is 39.0 Å². The molecule has 7 N–H and O–H groups in total. The van der Waals surface area contributed by atoms with Crippen molar-refractivity contribution in [2.75, 3.05) is 34.0 Å². The first-order valence-corrected chi connectivity index (χ1v) is 14.1. The average molecular weight is 553 g/mol. The lowest BCUT2D eigenvalue weighted by atomic mass is 9.80. The van der Waals surface area contributed by atoms with Crippen LogP contribution >= 0.6 is 0 Å². The van der Waals surface area contributed by atoms with Gasteiger partial charge in [0.2, 0.25) is 11.8 Å². The molecule has 0 heterocycles. The summed E-state index contributed by atoms with van der Waals surface area (Å²) in [7, 11) is 3.30. The summed E-state index contributed by atoms with van der Waals surface area (Å²) >= 11 is 0. The highest BCUT2D eigenvalue weighted by Gasteiger charge is 2.33. The number of hydrogen-bond acceptors (Lipinski definition) is 6. The molecule has 0 aliphatic carbocycles. The number of nitrogens with one attached hydrogen (secondary N) is 1. The number of carbonyl (C=O) groups excluding carboxylic acids is 2. The van der Waals surface area contributed by atoms with Crippen molar-refractivity contribution in [2.45, 2.75) is 79.4 Å². The number of amides is 2. The third-order valence-electron chi connectivity index (χ3n) is 7.58. The zero-order valence-electron chi connectivity index (χ0n) is 25.4. The van der Waals surface area contributed by atoms with E-state index in [4.69, 9.17) is 19.9 Å². The van der Waals surface area contributed by atoms with Crippen LogP contribution in [0, 0.1) is 29.1 Å². The lowest BCUT2D eigenvalue weighted by Gasteiger charge is -2.29. The molecule has 0 aromatic heterocycles. The Morgan fingerprint density at radius 3 is 2.26 bits per heavy atom. The number of hydrogen-bond donors (Lipinski definition) is 4. The van der Waals surface area contributed by atoms with Crippen molar-refractivity contribution in [3.05, 3.63) is 23.8 Å². The molecule has 0 spiro atoms. The fourth-order valence-electron chi connectivity index (χ4n) is 4.45. The van der Waals surface area contributed by atoms with Crippen LogP contribution in [0.4, 0.5) is 0 Å². The van der Waals surface area contributed by atoms with Gasteiger partial charge in [-0.15, -0.1) is 0 Å². The zero-order valence-corrected chi connectivity index (χ0v) is 25.4. The van der Waals surface area contributed by atoms with Crippen LogP contribution in [0.15, 0.2) is 18.2 Å². The Morgan fingerprint density at radius 1 is 1.05 bits per heavy atom. The smallest absolute Gasteiger partial charge is 0.224 e. The van der Waals surface area contributed by atoms with Gasteiger partial charge in [0.1, 0.15) is 12.1 Å². The molecule has 0 aliphatic rings. The fraction of sp³-hybridized carbons (Fsp3) is 0.733. The number of benzene rings is 1. The van der Waals surface area contributed by atoms with Gasteiger partial charge in [-0.2, -0.15) is 0 Å². The number of quaternary nitrogens is 1. The number of methoxy groups -OCH3 is 2. The monoisotopic (exact) mass is 552 g/mol. The largest absolute Gasteiger partial charge is 0.493 e. The van der Waals surface area contributed by atoms with Gasteiger partial charge in [0.25, 0.3) is 0 Å². The van der Waals surface area contributed by atoms with E-state index in [1.165, 1.54) is 0 Å². The van der Waals surface area contributed by atoms with Crippen molar-refractivity contribution >= 4 is 11.8 Å². The van der Waals surface area contributed by atoms with Crippen LogP contribution in [0.25, 0.3) is 0 Å². The van der Waals surface area contributed by atoms with Gasteiger partial charge in [-0.05, 0) is 62.1 Å². The van der Waals surface area contributed by atoms with Crippen LogP contribution in [0.2, 0.25) is 0 Å². The first-order valence-electron chi connectivity index (χ1n) is 14.1. The molecule has 0 radical (unpaired) electrons. The van der Waals surface area contributed by atoms with Crippen molar-refractivity contribution in [1.82, 2.24) is 5.32 Å². The van der Waals surface area contributed by atoms with Gasteiger partial charge in [0.15, 0.2) is 11.5 Å². The van der Waals surface area contributed by atoms with Gasteiger partial charge in [-0.25, -0.2) is 0 Å². The second-order valence-corrected chi connectivity index (χ2v) is 12.0. The highest BCUT2D eigenvalue weighted by molar-refractivity contribution is 5.83. The number of nitrogens with two attached hydrogens (primary N) is 1. The minimum Gasteiger partial charge on any atom is -0.493 e. The molecule has 4 atom stereocenters. The van der Waals surface area contributed by atoms with Gasteiger partial charge in [-0.1, -0.05) is 33.8 Å². The summed E-state index contributed by atoms with van der Waals surface area (Å²) < 4.78 is 16.5. The summed E-state index contributed by atoms with van der Waals surface area (Å²) in [5.41, 5.74) is 10.0. The standard InChI is InChI=1S/C30H53N3O6/c1-19(2)22(14-21-10-11-26(38-8)27(15-21)39-13-9-12-37-7)16-24(31)25(34)17-23(20(3)4)28(35)33-18-30(5,6)29(32)36/h10-11,15,19-20,22-25,34H,9,12-14,16-18,31H2,1-8H3,(H2,32,36)(H,33,35)/p+1/t22?,23?,24-,25-/m0/s1. The molecule has 1 rings (SSSR count). The number of rotatable bonds is 19. The summed E-state index contributed by atoms with van der Waals surface area (Å²) in [6, 6.07) is 5.77. The molecule has 0 aliphatic heterocycles. The zero-order chi connectivity index (χ0) is 29.8. The number of aliphatic hydroxyl groups excluding tert-OH is 1. The molecule has 9 heteroatoms. The molecule has 0 fully saturated rings. The van der Waals surface area contributed by atoms with Crippen LogP contribution in [-0.2, 0) is 20.7 Å². The van der Waals surface area contributed by atoms with E-state index < -0.39 is 23.3 Å². The summed E-state index contributed by atoms with van der Waals surface area (Å²) in [5.74, 6) is 1.03. The van der Waals surface area contributed by atoms with E-state index in [0.717, 1.165) is 24.8 Å². The quantitative estimate of drug-likeness (QED) is 0.194. The summed E-state index contributed by atoms with van der Waals surface area (Å²) in [6.45, 7) is 13.0. The van der Waals surface area contributed by atoms with E-state index in [-0.39, 0.29) is 30.3 Å². The summed E-state index contributed by atoms with van der Waals surface area (Å²) in [4.78, 5) is 24.6. The van der Waals surface area contributed by atoms with Crippen LogP contribution in [-0.4, -0.2) is 63.0 Å². The molecular weight excluding hydrogens is 498 g/mol. The molecule has 224 valence electrons. The van der Waals surface area contributed by atoms with Crippen molar-refractivity contribution < 1.29 is 34.6 Å². The average Bonchev–Trinajstić information content (AvgIpc) is 2.87. The van der Waals surface area contributed by atoms with Crippen molar-refractivity contribution in [3.8, 4) is 11.5 Å². The van der Waals surface area contributed by atoms with E-state index >= 15 is 0 Å². The van der Waals surface area contributed by atoms with Gasteiger partial charge < -0.3 is 36.1 Å². The number of aliphatic hydroxyl groups is 1. The van der Waals surface area contributed by atoms with Crippen molar-refractivity contribution in [2.24, 2.45) is 34.8 Å². The van der Waals surface area contributed by atoms with E-state index in [1.54, 1.807) is 28.1 Å². The lowest BCUT2D eigenvalue weighted by molar-refractivity contribution is -0.442. The predicted molar refractivity (Wildman–Crippen MR) is 153 cm³/mol. The SMILES string of the molecule is COCCCOc1cc(CC(C[C@H]([NH3+])[C@@H](O)CC(C(=O)NCC(C)(C)C(N)=O)C(C)C)C(C)C)ccc1OC. The maximum atomic E-state index is 13.0. The molecule has 9 nitrogen and oxygen atoms in total. The minimum atomic E-state index is -0.842. The molecule has 1 aromatic carbocycles. The highest BCUT2D eigenvalue weighted by atomic mass is 16.5. The Kier molecular flexibility index (Phi) is 14.8. The molecule has 2 amide bonds. The maximum Gasteiger partial charge on any atom is 0.224 e. The van der Waals surface area contributed by atoms with Gasteiger partial charge in [0.05, 0.1) is 19.1 Å². The third-order valence-corrected chi connectivity index (χ3v) is 7.58. The Morgan fingerprint density at radius 2 is 1.72 bits per heavy atom. The van der Waals surface area contributed by atoms with E-state index in [1.807, 2.05) is 26.0 Å². The number of carbonyl (C=O) groups is 2. The highest BCUT2D eigenvalue weighted by Crippen LogP contribution is 2.31. The molecule has 39 heavy (non-hydrogen) atoms. The fourth-order valence-corrected chi connectivity index (χ4v) is 4.45. The Hall–Kier alpha value is -2.36. The molecule has 1 aromatic rings. The molecule has 0 bridgehead atoms. The van der Waals surface area contributed by atoms with Gasteiger partial charge in [-0.3, -0.25) is 9.59 Å². The Balaban J connectivity index is 2.87. The second-order valence-electron chi connectivity index (χ2n) is 12.0. The second kappa shape index (κ2) is 16.7.